The molecule has 0 fully saturated rings. The molecule has 5 nitrogen and oxygen atoms in total. The molecule has 0 bridgehead atoms. The Labute approximate surface area is 130 Å². The van der Waals surface area contributed by atoms with Gasteiger partial charge < -0.3 is 10.6 Å². The molecule has 0 aliphatic rings. The van der Waals surface area contributed by atoms with Crippen molar-refractivity contribution in [1.29, 1.82) is 0 Å². The number of hydrogen-bond acceptors (Lipinski definition) is 3. The second kappa shape index (κ2) is 7.02. The Bertz CT molecular complexity index is 697. The summed E-state index contributed by atoms with van der Waals surface area (Å²) < 4.78 is 0. The summed E-state index contributed by atoms with van der Waals surface area (Å²) >= 11 is 0. The molecule has 0 saturated heterocycles. The van der Waals surface area contributed by atoms with Crippen molar-refractivity contribution in [2.45, 2.75) is 26.2 Å². The topological polar surface area (TPSA) is 71.1 Å². The molecule has 2 N–H and O–H groups in total. The van der Waals surface area contributed by atoms with E-state index in [0.717, 1.165) is 22.9 Å². The van der Waals surface area contributed by atoms with Gasteiger partial charge in [0.05, 0.1) is 11.1 Å². The van der Waals surface area contributed by atoms with Crippen LogP contribution in [-0.4, -0.2) is 30.4 Å². The van der Waals surface area contributed by atoms with E-state index < -0.39 is 0 Å². The molecule has 0 aliphatic heterocycles. The highest BCUT2D eigenvalue weighted by atomic mass is 16.2. The zero-order valence-electron chi connectivity index (χ0n) is 13.1. The van der Waals surface area contributed by atoms with Crippen LogP contribution in [0.4, 0.5) is 0 Å². The Morgan fingerprint density at radius 3 is 2.68 bits per heavy atom. The van der Waals surface area contributed by atoms with E-state index in [1.807, 2.05) is 18.2 Å². The molecule has 22 heavy (non-hydrogen) atoms. The summed E-state index contributed by atoms with van der Waals surface area (Å²) in [6.45, 7) is 4.16. The van der Waals surface area contributed by atoms with E-state index in [0.29, 0.717) is 12.1 Å². The van der Waals surface area contributed by atoms with Gasteiger partial charge in [-0.3, -0.25) is 14.6 Å². The summed E-state index contributed by atoms with van der Waals surface area (Å²) in [6, 6.07) is 7.57. The first-order valence-corrected chi connectivity index (χ1v) is 7.42. The number of fused-ring (bicyclic) bond motifs is 1. The van der Waals surface area contributed by atoms with Crippen molar-refractivity contribution in [1.82, 2.24) is 15.6 Å². The average Bonchev–Trinajstić information content (AvgIpc) is 2.54. The molecular weight excluding hydrogens is 278 g/mol. The van der Waals surface area contributed by atoms with Crippen LogP contribution in [0, 0.1) is 0 Å². The number of para-hydroxylation sites is 1. The van der Waals surface area contributed by atoms with E-state index in [9.17, 15) is 9.59 Å². The highest BCUT2D eigenvalue weighted by Gasteiger charge is 2.16. The van der Waals surface area contributed by atoms with Crippen LogP contribution in [0.25, 0.3) is 10.9 Å². The van der Waals surface area contributed by atoms with Gasteiger partial charge in [-0.05, 0) is 18.1 Å². The average molecular weight is 299 g/mol. The number of hydrogen-bond donors (Lipinski definition) is 2. The lowest BCUT2D eigenvalue weighted by Crippen LogP contribution is -2.26. The number of nitrogens with zero attached hydrogens (tertiary/aromatic N) is 1. The number of pyridine rings is 1. The van der Waals surface area contributed by atoms with Crippen molar-refractivity contribution in [3.63, 3.8) is 0 Å². The maximum absolute atomic E-state index is 12.0. The molecular formula is C17H21N3O2. The molecule has 0 radical (unpaired) electrons. The number of aromatic nitrogens is 1. The van der Waals surface area contributed by atoms with E-state index in [-0.39, 0.29) is 17.7 Å². The standard InChI is InChI=1S/C17H21N3O2/c1-4-12(10-20-11(2)21)13-6-5-7-14-15(17(22)18-3)8-9-19-16(13)14/h5-9,12H,4,10H2,1-3H3,(H,18,22)(H,20,21). The summed E-state index contributed by atoms with van der Waals surface area (Å²) in [6.07, 6.45) is 2.53. The third-order valence-corrected chi connectivity index (χ3v) is 3.80. The second-order valence-corrected chi connectivity index (χ2v) is 5.22. The van der Waals surface area contributed by atoms with Gasteiger partial charge in [-0.25, -0.2) is 0 Å². The largest absolute Gasteiger partial charge is 0.356 e. The van der Waals surface area contributed by atoms with Crippen LogP contribution in [0.15, 0.2) is 30.5 Å². The van der Waals surface area contributed by atoms with Crippen molar-refractivity contribution >= 4 is 22.7 Å². The molecule has 2 aromatic rings. The third-order valence-electron chi connectivity index (χ3n) is 3.80. The Balaban J connectivity index is 2.50. The number of benzene rings is 1. The van der Waals surface area contributed by atoms with Gasteiger partial charge >= 0.3 is 0 Å². The third kappa shape index (κ3) is 3.24. The summed E-state index contributed by atoms with van der Waals surface area (Å²) in [7, 11) is 1.62. The van der Waals surface area contributed by atoms with Crippen molar-refractivity contribution in [3.05, 3.63) is 41.6 Å². The molecule has 5 heteroatoms. The molecule has 1 aromatic carbocycles. The van der Waals surface area contributed by atoms with Crippen molar-refractivity contribution < 1.29 is 9.59 Å². The van der Waals surface area contributed by atoms with E-state index in [2.05, 4.69) is 22.5 Å². The van der Waals surface area contributed by atoms with Gasteiger partial charge in [-0.1, -0.05) is 25.1 Å². The van der Waals surface area contributed by atoms with Gasteiger partial charge in [0, 0.05) is 38.0 Å². The Morgan fingerprint density at radius 2 is 2.05 bits per heavy atom. The fourth-order valence-corrected chi connectivity index (χ4v) is 2.60. The summed E-state index contributed by atoms with van der Waals surface area (Å²) in [5.41, 5.74) is 2.49. The van der Waals surface area contributed by atoms with Crippen LogP contribution >= 0.6 is 0 Å². The monoisotopic (exact) mass is 299 g/mol. The van der Waals surface area contributed by atoms with Gasteiger partial charge in [0.15, 0.2) is 0 Å². The molecule has 1 atom stereocenters. The van der Waals surface area contributed by atoms with E-state index in [4.69, 9.17) is 0 Å². The molecule has 1 aromatic heterocycles. The molecule has 0 saturated carbocycles. The molecule has 2 rings (SSSR count). The lowest BCUT2D eigenvalue weighted by molar-refractivity contribution is -0.119. The van der Waals surface area contributed by atoms with Crippen LogP contribution < -0.4 is 10.6 Å². The summed E-state index contributed by atoms with van der Waals surface area (Å²) in [5, 5.41) is 6.35. The second-order valence-electron chi connectivity index (χ2n) is 5.22. The zero-order chi connectivity index (χ0) is 16.1. The molecule has 1 unspecified atom stereocenters. The number of nitrogens with one attached hydrogen (secondary N) is 2. The number of rotatable bonds is 5. The van der Waals surface area contributed by atoms with Gasteiger partial charge in [0.25, 0.3) is 5.91 Å². The fraction of sp³-hybridized carbons (Fsp3) is 0.353. The molecule has 2 amide bonds. The Kier molecular flexibility index (Phi) is 5.09. The smallest absolute Gasteiger partial charge is 0.251 e. The van der Waals surface area contributed by atoms with Crippen molar-refractivity contribution in [2.24, 2.45) is 0 Å². The van der Waals surface area contributed by atoms with Gasteiger partial charge in [0.1, 0.15) is 0 Å². The van der Waals surface area contributed by atoms with Crippen LogP contribution in [0.1, 0.15) is 42.1 Å². The van der Waals surface area contributed by atoms with Crippen LogP contribution in [0.2, 0.25) is 0 Å². The van der Waals surface area contributed by atoms with Crippen molar-refractivity contribution in [2.75, 3.05) is 13.6 Å². The quantitative estimate of drug-likeness (QED) is 0.889. The van der Waals surface area contributed by atoms with Crippen molar-refractivity contribution in [3.8, 4) is 0 Å². The molecule has 1 heterocycles. The number of amides is 2. The van der Waals surface area contributed by atoms with Crippen LogP contribution in [0.3, 0.4) is 0 Å². The first-order valence-electron chi connectivity index (χ1n) is 7.42. The maximum atomic E-state index is 12.0. The van der Waals surface area contributed by atoms with E-state index in [1.165, 1.54) is 6.92 Å². The zero-order valence-corrected chi connectivity index (χ0v) is 13.1. The van der Waals surface area contributed by atoms with Crippen LogP contribution in [0.5, 0.6) is 0 Å². The minimum absolute atomic E-state index is 0.0438. The van der Waals surface area contributed by atoms with Gasteiger partial charge in [-0.15, -0.1) is 0 Å². The minimum Gasteiger partial charge on any atom is -0.356 e. The van der Waals surface area contributed by atoms with Gasteiger partial charge in [0.2, 0.25) is 5.91 Å². The fourth-order valence-electron chi connectivity index (χ4n) is 2.60. The predicted octanol–water partition coefficient (Wildman–Crippen LogP) is 2.22. The Morgan fingerprint density at radius 1 is 1.27 bits per heavy atom. The maximum Gasteiger partial charge on any atom is 0.251 e. The van der Waals surface area contributed by atoms with Gasteiger partial charge in [-0.2, -0.15) is 0 Å². The summed E-state index contributed by atoms with van der Waals surface area (Å²) in [4.78, 5) is 27.6. The summed E-state index contributed by atoms with van der Waals surface area (Å²) in [5.74, 6) is -0.00260. The first-order chi connectivity index (χ1) is 10.6. The lowest BCUT2D eigenvalue weighted by atomic mass is 9.92. The highest BCUT2D eigenvalue weighted by molar-refractivity contribution is 6.06. The predicted molar refractivity (Wildman–Crippen MR) is 86.8 cm³/mol. The van der Waals surface area contributed by atoms with Crippen LogP contribution in [-0.2, 0) is 4.79 Å². The Hall–Kier alpha value is -2.43. The normalized spacial score (nSPS) is 12.0. The first kappa shape index (κ1) is 15.9. The SMILES string of the molecule is CCC(CNC(C)=O)c1cccc2c(C(=O)NC)ccnc12. The van der Waals surface area contributed by atoms with E-state index >= 15 is 0 Å². The number of carbonyl (C=O) groups is 2. The minimum atomic E-state index is -0.126. The lowest BCUT2D eigenvalue weighted by Gasteiger charge is -2.18. The molecule has 0 aliphatic carbocycles. The molecule has 0 spiro atoms. The number of carbonyl (C=O) groups excluding carboxylic acids is 2. The van der Waals surface area contributed by atoms with E-state index in [1.54, 1.807) is 19.3 Å². The molecule has 116 valence electrons. The highest BCUT2D eigenvalue weighted by Crippen LogP contribution is 2.27.